The molecular formula is C18H18FNO4S. The Morgan fingerprint density at radius 2 is 1.84 bits per heavy atom. The molecule has 7 heteroatoms. The molecule has 2 aromatic rings. The molecule has 132 valence electrons. The second-order valence-corrected chi connectivity index (χ2v) is 7.58. The van der Waals surface area contributed by atoms with Gasteiger partial charge in [-0.2, -0.15) is 8.42 Å². The largest absolute Gasteiger partial charge is 0.483 e. The van der Waals surface area contributed by atoms with Crippen molar-refractivity contribution in [2.45, 2.75) is 26.1 Å². The van der Waals surface area contributed by atoms with Crippen molar-refractivity contribution >= 4 is 15.9 Å². The normalized spacial score (nSPS) is 15.9. The van der Waals surface area contributed by atoms with Gasteiger partial charge in [-0.05, 0) is 54.8 Å². The molecule has 2 aromatic carbocycles. The van der Waals surface area contributed by atoms with E-state index in [1.165, 1.54) is 12.1 Å². The van der Waals surface area contributed by atoms with Crippen LogP contribution in [0.2, 0.25) is 0 Å². The lowest BCUT2D eigenvalue weighted by Crippen LogP contribution is -2.29. The highest BCUT2D eigenvalue weighted by atomic mass is 32.2. The fourth-order valence-corrected chi connectivity index (χ4v) is 3.02. The number of nitrogens with two attached hydrogens (primary N) is 1. The number of benzene rings is 2. The topological polar surface area (TPSA) is 78.6 Å². The summed E-state index contributed by atoms with van der Waals surface area (Å²) in [4.78, 5) is 0. The maximum atomic E-state index is 13.2. The molecule has 0 atom stereocenters. The van der Waals surface area contributed by atoms with Gasteiger partial charge in [-0.3, -0.25) is 4.18 Å². The first-order valence-corrected chi connectivity index (χ1v) is 9.08. The van der Waals surface area contributed by atoms with E-state index in [2.05, 4.69) is 4.18 Å². The first kappa shape index (κ1) is 17.6. The van der Waals surface area contributed by atoms with Crippen molar-refractivity contribution in [2.75, 3.05) is 0 Å². The molecule has 0 saturated carbocycles. The summed E-state index contributed by atoms with van der Waals surface area (Å²) < 4.78 is 45.7. The van der Waals surface area contributed by atoms with Gasteiger partial charge in [-0.1, -0.05) is 24.3 Å². The fourth-order valence-electron chi connectivity index (χ4n) is 2.72. The van der Waals surface area contributed by atoms with Gasteiger partial charge in [0, 0.05) is 5.56 Å². The van der Waals surface area contributed by atoms with Crippen molar-refractivity contribution in [3.63, 3.8) is 0 Å². The van der Waals surface area contributed by atoms with Crippen LogP contribution in [-0.4, -0.2) is 14.0 Å². The summed E-state index contributed by atoms with van der Waals surface area (Å²) in [7, 11) is -4.01. The predicted molar refractivity (Wildman–Crippen MR) is 92.5 cm³/mol. The lowest BCUT2D eigenvalue weighted by Gasteiger charge is -2.31. The van der Waals surface area contributed by atoms with Gasteiger partial charge >= 0.3 is 10.3 Å². The summed E-state index contributed by atoms with van der Waals surface area (Å²) in [6.07, 6.45) is 1.98. The standard InChI is InChI=1S/C18H18FNO4S/c1-18(2)10-16(13-4-6-14(19)7-5-13)15-8-3-12(9-17(15)24-18)11-23-25(20,21)22/h3-10H,11H2,1-2H3,(H2,20,21,22). The number of ether oxygens (including phenoxy) is 1. The Balaban J connectivity index is 2.00. The zero-order valence-electron chi connectivity index (χ0n) is 13.8. The van der Waals surface area contributed by atoms with Crippen LogP contribution >= 0.6 is 0 Å². The molecule has 0 fully saturated rings. The van der Waals surface area contributed by atoms with E-state index in [0.29, 0.717) is 11.3 Å². The van der Waals surface area contributed by atoms with Crippen LogP contribution < -0.4 is 9.88 Å². The Bertz CT molecular complexity index is 934. The van der Waals surface area contributed by atoms with Crippen LogP contribution in [0, 0.1) is 5.82 Å². The third-order valence-electron chi connectivity index (χ3n) is 3.75. The highest BCUT2D eigenvalue weighted by Crippen LogP contribution is 2.40. The van der Waals surface area contributed by atoms with Crippen molar-refractivity contribution in [3.8, 4) is 5.75 Å². The molecule has 0 aromatic heterocycles. The van der Waals surface area contributed by atoms with E-state index in [1.807, 2.05) is 26.0 Å². The van der Waals surface area contributed by atoms with Crippen molar-refractivity contribution < 1.29 is 21.7 Å². The zero-order chi connectivity index (χ0) is 18.2. The van der Waals surface area contributed by atoms with Gasteiger partial charge in [-0.15, -0.1) is 0 Å². The first-order valence-electron chi connectivity index (χ1n) is 7.61. The average Bonchev–Trinajstić information content (AvgIpc) is 2.51. The summed E-state index contributed by atoms with van der Waals surface area (Å²) >= 11 is 0. The molecular weight excluding hydrogens is 345 g/mol. The van der Waals surface area contributed by atoms with E-state index in [-0.39, 0.29) is 12.4 Å². The third-order valence-corrected chi connectivity index (χ3v) is 4.19. The van der Waals surface area contributed by atoms with Gasteiger partial charge in [-0.25, -0.2) is 9.53 Å². The molecule has 0 bridgehead atoms. The van der Waals surface area contributed by atoms with Crippen LogP contribution in [0.15, 0.2) is 48.5 Å². The second-order valence-electron chi connectivity index (χ2n) is 6.36. The highest BCUT2D eigenvalue weighted by molar-refractivity contribution is 7.84. The molecule has 0 aliphatic carbocycles. The van der Waals surface area contributed by atoms with Gasteiger partial charge in [0.15, 0.2) is 0 Å². The number of fused-ring (bicyclic) bond motifs is 1. The summed E-state index contributed by atoms with van der Waals surface area (Å²) in [5, 5.41) is 4.85. The molecule has 0 amide bonds. The van der Waals surface area contributed by atoms with E-state index in [0.717, 1.165) is 16.7 Å². The lowest BCUT2D eigenvalue weighted by atomic mass is 9.89. The van der Waals surface area contributed by atoms with Crippen LogP contribution in [0.5, 0.6) is 5.75 Å². The van der Waals surface area contributed by atoms with Gasteiger partial charge in [0.2, 0.25) is 0 Å². The molecule has 0 saturated heterocycles. The van der Waals surface area contributed by atoms with Crippen LogP contribution in [0.1, 0.15) is 30.5 Å². The van der Waals surface area contributed by atoms with Crippen LogP contribution in [-0.2, 0) is 21.1 Å². The molecule has 2 N–H and O–H groups in total. The molecule has 3 rings (SSSR count). The van der Waals surface area contributed by atoms with E-state index >= 15 is 0 Å². The van der Waals surface area contributed by atoms with E-state index < -0.39 is 15.9 Å². The van der Waals surface area contributed by atoms with E-state index in [4.69, 9.17) is 9.88 Å². The van der Waals surface area contributed by atoms with Crippen LogP contribution in [0.3, 0.4) is 0 Å². The Kier molecular flexibility index (Phi) is 4.40. The van der Waals surface area contributed by atoms with Crippen LogP contribution in [0.25, 0.3) is 5.57 Å². The van der Waals surface area contributed by atoms with Gasteiger partial charge in [0.05, 0.1) is 6.61 Å². The van der Waals surface area contributed by atoms with Crippen molar-refractivity contribution in [1.82, 2.24) is 0 Å². The molecule has 25 heavy (non-hydrogen) atoms. The summed E-state index contributed by atoms with van der Waals surface area (Å²) in [6.45, 7) is 3.64. The minimum Gasteiger partial charge on any atom is -0.483 e. The van der Waals surface area contributed by atoms with E-state index in [9.17, 15) is 12.8 Å². The second kappa shape index (κ2) is 6.25. The zero-order valence-corrected chi connectivity index (χ0v) is 14.6. The number of rotatable bonds is 4. The smallest absolute Gasteiger partial charge is 0.333 e. The Hall–Kier alpha value is -2.22. The van der Waals surface area contributed by atoms with Crippen molar-refractivity contribution in [1.29, 1.82) is 0 Å². The van der Waals surface area contributed by atoms with Gasteiger partial charge < -0.3 is 4.74 Å². The molecule has 1 aliphatic heterocycles. The number of hydrogen-bond acceptors (Lipinski definition) is 4. The number of hydrogen-bond donors (Lipinski definition) is 1. The lowest BCUT2D eigenvalue weighted by molar-refractivity contribution is 0.157. The summed E-state index contributed by atoms with van der Waals surface area (Å²) in [6, 6.07) is 11.5. The Morgan fingerprint density at radius 1 is 1.16 bits per heavy atom. The molecule has 5 nitrogen and oxygen atoms in total. The van der Waals surface area contributed by atoms with Crippen molar-refractivity contribution in [3.05, 3.63) is 71.0 Å². The SMILES string of the molecule is CC1(C)C=C(c2ccc(F)cc2)c2ccc(COS(N)(=O)=O)cc2O1. The van der Waals surface area contributed by atoms with Gasteiger partial charge in [0.25, 0.3) is 0 Å². The third kappa shape index (κ3) is 4.25. The maximum Gasteiger partial charge on any atom is 0.333 e. The quantitative estimate of drug-likeness (QED) is 0.905. The van der Waals surface area contributed by atoms with Crippen molar-refractivity contribution in [2.24, 2.45) is 5.14 Å². The molecule has 0 radical (unpaired) electrons. The minimum absolute atomic E-state index is 0.175. The number of halogens is 1. The average molecular weight is 363 g/mol. The molecule has 1 aliphatic rings. The fraction of sp³-hybridized carbons (Fsp3) is 0.222. The molecule has 0 unspecified atom stereocenters. The summed E-state index contributed by atoms with van der Waals surface area (Å²) in [5.41, 5.74) is 2.67. The van der Waals surface area contributed by atoms with Gasteiger partial charge in [0.1, 0.15) is 17.2 Å². The Labute approximate surface area is 146 Å². The van der Waals surface area contributed by atoms with Crippen LogP contribution in [0.4, 0.5) is 4.39 Å². The molecule has 1 heterocycles. The maximum absolute atomic E-state index is 13.2. The predicted octanol–water partition coefficient (Wildman–Crippen LogP) is 3.15. The highest BCUT2D eigenvalue weighted by Gasteiger charge is 2.27. The monoisotopic (exact) mass is 363 g/mol. The first-order chi connectivity index (χ1) is 11.6. The molecule has 0 spiro atoms. The summed E-state index contributed by atoms with van der Waals surface area (Å²) in [5.74, 6) is 0.300. The van der Waals surface area contributed by atoms with E-state index in [1.54, 1.807) is 24.3 Å². The minimum atomic E-state index is -4.01. The Morgan fingerprint density at radius 3 is 2.48 bits per heavy atom.